The molecule has 4 fully saturated rings. The first-order valence-electron chi connectivity index (χ1n) is 6.00. The van der Waals surface area contributed by atoms with Gasteiger partial charge in [-0.25, -0.2) is 0 Å². The molecule has 0 saturated heterocycles. The number of nitrogens with two attached hydrogens (primary N) is 1. The number of carbonyl (C=O) groups excluding carboxylic acids is 1. The zero-order valence-corrected chi connectivity index (χ0v) is 9.67. The fourth-order valence-corrected chi connectivity index (χ4v) is 4.94. The molecule has 4 aliphatic carbocycles. The predicted octanol–water partition coefficient (Wildman–Crippen LogP) is 1.95. The molecule has 0 spiro atoms. The Labute approximate surface area is 95.5 Å². The Bertz CT molecular complexity index is 290. The van der Waals surface area contributed by atoms with Gasteiger partial charge in [-0.3, -0.25) is 4.79 Å². The van der Waals surface area contributed by atoms with Crippen LogP contribution in [0.5, 0.6) is 0 Å². The van der Waals surface area contributed by atoms with Gasteiger partial charge in [0.05, 0.1) is 5.88 Å². The molecule has 2 N–H and O–H groups in total. The van der Waals surface area contributed by atoms with Gasteiger partial charge >= 0.3 is 0 Å². The van der Waals surface area contributed by atoms with Crippen molar-refractivity contribution < 1.29 is 4.79 Å². The maximum Gasteiger partial charge on any atom is 0.152 e. The fraction of sp³-hybridized carbons (Fsp3) is 0.917. The molecule has 0 heterocycles. The quantitative estimate of drug-likeness (QED) is 0.733. The van der Waals surface area contributed by atoms with Gasteiger partial charge in [0.2, 0.25) is 0 Å². The average molecular weight is 228 g/mol. The summed E-state index contributed by atoms with van der Waals surface area (Å²) in [5.74, 6) is 2.56. The number of ketones is 1. The lowest BCUT2D eigenvalue weighted by molar-refractivity contribution is -0.135. The molecule has 0 radical (unpaired) electrons. The van der Waals surface area contributed by atoms with Gasteiger partial charge in [0.25, 0.3) is 0 Å². The molecule has 0 aromatic rings. The van der Waals surface area contributed by atoms with Gasteiger partial charge in [0, 0.05) is 11.5 Å². The predicted molar refractivity (Wildman–Crippen MR) is 59.7 cm³/mol. The molecule has 0 aromatic carbocycles. The maximum absolute atomic E-state index is 11.9. The Kier molecular flexibility index (Phi) is 2.16. The molecular weight excluding hydrogens is 210 g/mol. The molecule has 15 heavy (non-hydrogen) atoms. The van der Waals surface area contributed by atoms with Crippen molar-refractivity contribution in [2.45, 2.75) is 37.6 Å². The standard InChI is InChI=1S/C12H18ClNO/c13-6-10(15)11-9-2-7-1-8(3-9)5-12(11,14)4-7/h7-9,11H,1-6,14H2. The first-order chi connectivity index (χ1) is 7.12. The SMILES string of the molecule is NC12CC3CC(CC(C3)C1C(=O)CCl)C2. The van der Waals surface area contributed by atoms with E-state index in [1.54, 1.807) is 0 Å². The Hall–Kier alpha value is -0.0800. The largest absolute Gasteiger partial charge is 0.324 e. The minimum atomic E-state index is -0.194. The topological polar surface area (TPSA) is 43.1 Å². The molecular formula is C12H18ClNO. The van der Waals surface area contributed by atoms with Crippen LogP contribution in [0.15, 0.2) is 0 Å². The van der Waals surface area contributed by atoms with Gasteiger partial charge in [-0.05, 0) is 49.9 Å². The van der Waals surface area contributed by atoms with Crippen molar-refractivity contribution in [2.75, 3.05) is 5.88 Å². The Morgan fingerprint density at radius 1 is 1.27 bits per heavy atom. The summed E-state index contributed by atoms with van der Waals surface area (Å²) in [6.07, 6.45) is 5.93. The molecule has 4 rings (SSSR count). The summed E-state index contributed by atoms with van der Waals surface area (Å²) in [7, 11) is 0. The second-order valence-corrected chi connectivity index (χ2v) is 6.19. The highest BCUT2D eigenvalue weighted by molar-refractivity contribution is 6.28. The van der Waals surface area contributed by atoms with E-state index in [-0.39, 0.29) is 23.1 Å². The van der Waals surface area contributed by atoms with Crippen LogP contribution >= 0.6 is 11.6 Å². The lowest BCUT2D eigenvalue weighted by atomic mass is 9.48. The number of hydrogen-bond donors (Lipinski definition) is 1. The zero-order valence-electron chi connectivity index (χ0n) is 8.92. The molecule has 3 atom stereocenters. The van der Waals surface area contributed by atoms with Crippen LogP contribution in [0.2, 0.25) is 0 Å². The Morgan fingerprint density at radius 2 is 1.87 bits per heavy atom. The molecule has 4 saturated carbocycles. The highest BCUT2D eigenvalue weighted by Gasteiger charge is 2.57. The van der Waals surface area contributed by atoms with E-state index in [9.17, 15) is 4.79 Å². The first kappa shape index (κ1) is 10.1. The lowest BCUT2D eigenvalue weighted by Crippen LogP contribution is -2.64. The van der Waals surface area contributed by atoms with Crippen molar-refractivity contribution in [2.24, 2.45) is 29.4 Å². The monoisotopic (exact) mass is 227 g/mol. The normalized spacial score (nSPS) is 52.1. The minimum Gasteiger partial charge on any atom is -0.324 e. The van der Waals surface area contributed by atoms with E-state index in [2.05, 4.69) is 0 Å². The fourth-order valence-electron chi connectivity index (χ4n) is 4.77. The van der Waals surface area contributed by atoms with E-state index in [0.717, 1.165) is 24.7 Å². The third-order valence-corrected chi connectivity index (χ3v) is 5.11. The van der Waals surface area contributed by atoms with Gasteiger partial charge in [0.15, 0.2) is 5.78 Å². The number of alkyl halides is 1. The van der Waals surface area contributed by atoms with Gasteiger partial charge < -0.3 is 5.73 Å². The van der Waals surface area contributed by atoms with Crippen LogP contribution in [0, 0.1) is 23.7 Å². The highest BCUT2D eigenvalue weighted by atomic mass is 35.5. The molecule has 0 aromatic heterocycles. The number of rotatable bonds is 2. The minimum absolute atomic E-state index is 0.0720. The van der Waals surface area contributed by atoms with Crippen LogP contribution in [0.1, 0.15) is 32.1 Å². The summed E-state index contributed by atoms with van der Waals surface area (Å²) in [5.41, 5.74) is 6.27. The molecule has 4 aliphatic rings. The van der Waals surface area contributed by atoms with Gasteiger partial charge in [0.1, 0.15) is 0 Å². The van der Waals surface area contributed by atoms with Crippen LogP contribution in [0.4, 0.5) is 0 Å². The summed E-state index contributed by atoms with van der Waals surface area (Å²) >= 11 is 5.70. The van der Waals surface area contributed by atoms with E-state index in [0.29, 0.717) is 5.92 Å². The highest BCUT2D eigenvalue weighted by Crippen LogP contribution is 2.57. The summed E-state index contributed by atoms with van der Waals surface area (Å²) in [4.78, 5) is 11.9. The van der Waals surface area contributed by atoms with Gasteiger partial charge in [-0.1, -0.05) is 0 Å². The third-order valence-electron chi connectivity index (χ3n) is 4.85. The van der Waals surface area contributed by atoms with Gasteiger partial charge in [-0.15, -0.1) is 11.6 Å². The molecule has 3 unspecified atom stereocenters. The van der Waals surface area contributed by atoms with E-state index in [1.165, 1.54) is 19.3 Å². The number of halogens is 1. The smallest absolute Gasteiger partial charge is 0.152 e. The third kappa shape index (κ3) is 1.38. The van der Waals surface area contributed by atoms with Crippen LogP contribution < -0.4 is 5.73 Å². The van der Waals surface area contributed by atoms with E-state index < -0.39 is 0 Å². The van der Waals surface area contributed by atoms with Crippen molar-refractivity contribution >= 4 is 17.4 Å². The van der Waals surface area contributed by atoms with Crippen molar-refractivity contribution in [1.82, 2.24) is 0 Å². The number of hydrogen-bond acceptors (Lipinski definition) is 2. The molecule has 0 amide bonds. The summed E-state index contributed by atoms with van der Waals surface area (Å²) in [5, 5.41) is 0. The Balaban J connectivity index is 1.93. The van der Waals surface area contributed by atoms with Crippen LogP contribution in [-0.2, 0) is 4.79 Å². The van der Waals surface area contributed by atoms with Crippen LogP contribution in [0.3, 0.4) is 0 Å². The van der Waals surface area contributed by atoms with E-state index >= 15 is 0 Å². The van der Waals surface area contributed by atoms with Crippen molar-refractivity contribution in [3.05, 3.63) is 0 Å². The van der Waals surface area contributed by atoms with Crippen LogP contribution in [-0.4, -0.2) is 17.2 Å². The summed E-state index contributed by atoms with van der Waals surface area (Å²) in [6, 6.07) is 0. The van der Waals surface area contributed by atoms with Crippen molar-refractivity contribution in [1.29, 1.82) is 0 Å². The number of carbonyl (C=O) groups is 1. The zero-order chi connectivity index (χ0) is 10.6. The van der Waals surface area contributed by atoms with E-state index in [4.69, 9.17) is 17.3 Å². The van der Waals surface area contributed by atoms with Gasteiger partial charge in [-0.2, -0.15) is 0 Å². The second kappa shape index (κ2) is 3.21. The molecule has 4 bridgehead atoms. The molecule has 0 aliphatic heterocycles. The lowest BCUT2D eigenvalue weighted by Gasteiger charge is -2.59. The molecule has 2 nitrogen and oxygen atoms in total. The maximum atomic E-state index is 11.9. The van der Waals surface area contributed by atoms with E-state index in [1.807, 2.05) is 0 Å². The Morgan fingerprint density at radius 3 is 2.33 bits per heavy atom. The van der Waals surface area contributed by atoms with Crippen molar-refractivity contribution in [3.63, 3.8) is 0 Å². The summed E-state index contributed by atoms with van der Waals surface area (Å²) < 4.78 is 0. The second-order valence-electron chi connectivity index (χ2n) is 5.92. The first-order valence-corrected chi connectivity index (χ1v) is 6.53. The number of Topliss-reactive ketones (excluding diaryl/α,β-unsaturated/α-hetero) is 1. The molecule has 3 heteroatoms. The average Bonchev–Trinajstić information content (AvgIpc) is 2.14. The van der Waals surface area contributed by atoms with Crippen molar-refractivity contribution in [3.8, 4) is 0 Å². The summed E-state index contributed by atoms with van der Waals surface area (Å²) in [6.45, 7) is 0. The van der Waals surface area contributed by atoms with Crippen LogP contribution in [0.25, 0.3) is 0 Å². The molecule has 84 valence electrons.